The van der Waals surface area contributed by atoms with Crippen LogP contribution in [-0.4, -0.2) is 37.7 Å². The number of benzene rings is 1. The molecule has 1 aliphatic rings. The Balaban J connectivity index is 2.15. The molecule has 1 aliphatic heterocycles. The summed E-state index contributed by atoms with van der Waals surface area (Å²) in [5.74, 6) is 5.30. The van der Waals surface area contributed by atoms with E-state index >= 15 is 0 Å². The normalized spacial score (nSPS) is 23.6. The first-order valence-electron chi connectivity index (χ1n) is 5.72. The van der Waals surface area contributed by atoms with Crippen molar-refractivity contribution in [1.82, 2.24) is 10.3 Å². The number of ether oxygens (including phenoxy) is 1. The quantitative estimate of drug-likeness (QED) is 0.601. The van der Waals surface area contributed by atoms with E-state index in [0.717, 1.165) is 18.7 Å². The predicted molar refractivity (Wildman–Crippen MR) is 63.7 cm³/mol. The van der Waals surface area contributed by atoms with Crippen LogP contribution in [0.1, 0.15) is 11.6 Å². The molecule has 2 atom stereocenters. The zero-order chi connectivity index (χ0) is 12.3. The van der Waals surface area contributed by atoms with Gasteiger partial charge in [-0.15, -0.1) is 0 Å². The number of nitrogens with two attached hydrogens (primary N) is 1. The number of nitrogens with zero attached hydrogens (tertiary/aromatic N) is 1. The molecule has 0 spiro atoms. The summed E-state index contributed by atoms with van der Waals surface area (Å²) in [5.41, 5.74) is 3.53. The van der Waals surface area contributed by atoms with Gasteiger partial charge in [-0.05, 0) is 24.7 Å². The average Bonchev–Trinajstić information content (AvgIpc) is 2.30. The monoisotopic (exact) mass is 239 g/mol. The molecule has 0 radical (unpaired) electrons. The zero-order valence-corrected chi connectivity index (χ0v) is 9.90. The van der Waals surface area contributed by atoms with Crippen LogP contribution in [0.25, 0.3) is 0 Å². The fraction of sp³-hybridized carbons (Fsp3) is 0.500. The lowest BCUT2D eigenvalue weighted by atomic mass is 10.0. The van der Waals surface area contributed by atoms with Crippen LogP contribution in [0, 0.1) is 5.82 Å². The molecule has 4 nitrogen and oxygen atoms in total. The zero-order valence-electron chi connectivity index (χ0n) is 9.90. The minimum absolute atomic E-state index is 0.0550. The third-order valence-corrected chi connectivity index (χ3v) is 3.06. The largest absolute Gasteiger partial charge is 0.374 e. The summed E-state index contributed by atoms with van der Waals surface area (Å²) in [4.78, 5) is 2.18. The van der Waals surface area contributed by atoms with E-state index in [2.05, 4.69) is 10.3 Å². The number of halogens is 1. The van der Waals surface area contributed by atoms with Crippen molar-refractivity contribution >= 4 is 0 Å². The van der Waals surface area contributed by atoms with Gasteiger partial charge in [-0.3, -0.25) is 11.3 Å². The summed E-state index contributed by atoms with van der Waals surface area (Å²) >= 11 is 0. The molecule has 0 bridgehead atoms. The van der Waals surface area contributed by atoms with E-state index in [1.54, 1.807) is 6.07 Å². The summed E-state index contributed by atoms with van der Waals surface area (Å²) < 4.78 is 18.9. The first kappa shape index (κ1) is 12.4. The fourth-order valence-corrected chi connectivity index (χ4v) is 2.13. The summed E-state index contributed by atoms with van der Waals surface area (Å²) in [6, 6.07) is 6.26. The van der Waals surface area contributed by atoms with Crippen LogP contribution in [0.4, 0.5) is 4.39 Å². The van der Waals surface area contributed by atoms with Crippen molar-refractivity contribution in [3.8, 4) is 0 Å². The topological polar surface area (TPSA) is 50.5 Å². The molecule has 17 heavy (non-hydrogen) atoms. The lowest BCUT2D eigenvalue weighted by Crippen LogP contribution is -2.48. The standard InChI is InChI=1S/C12H18FN3O/c1-16-5-6-17-11(8-16)12(15-14)9-3-2-4-10(13)7-9/h2-4,7,11-12,15H,5-6,8,14H2,1H3. The molecule has 1 aromatic rings. The minimum atomic E-state index is -0.257. The molecule has 3 N–H and O–H groups in total. The molecule has 1 heterocycles. The molecule has 1 aromatic carbocycles. The summed E-state index contributed by atoms with van der Waals surface area (Å²) in [7, 11) is 2.04. The maximum atomic E-state index is 13.2. The highest BCUT2D eigenvalue weighted by Crippen LogP contribution is 2.21. The van der Waals surface area contributed by atoms with E-state index in [4.69, 9.17) is 10.6 Å². The number of likely N-dealkylation sites (N-methyl/N-ethyl adjacent to an activating group) is 1. The average molecular weight is 239 g/mol. The van der Waals surface area contributed by atoms with Crippen molar-refractivity contribution in [3.05, 3.63) is 35.6 Å². The van der Waals surface area contributed by atoms with E-state index in [1.807, 2.05) is 13.1 Å². The van der Waals surface area contributed by atoms with Gasteiger partial charge >= 0.3 is 0 Å². The molecule has 1 saturated heterocycles. The third-order valence-electron chi connectivity index (χ3n) is 3.06. The second-order valence-electron chi connectivity index (χ2n) is 4.37. The summed E-state index contributed by atoms with van der Waals surface area (Å²) in [6.07, 6.45) is -0.0550. The Morgan fingerprint density at radius 2 is 2.41 bits per heavy atom. The van der Waals surface area contributed by atoms with Gasteiger partial charge in [-0.1, -0.05) is 12.1 Å². The third kappa shape index (κ3) is 3.01. The summed E-state index contributed by atoms with van der Waals surface area (Å²) in [6.45, 7) is 2.37. The van der Waals surface area contributed by atoms with Gasteiger partial charge in [-0.25, -0.2) is 4.39 Å². The van der Waals surface area contributed by atoms with Crippen molar-refractivity contribution in [2.45, 2.75) is 12.1 Å². The molecule has 5 heteroatoms. The number of morpholine rings is 1. The Morgan fingerprint density at radius 1 is 1.59 bits per heavy atom. The van der Waals surface area contributed by atoms with Crippen molar-refractivity contribution in [2.75, 3.05) is 26.7 Å². The number of hydrogen-bond acceptors (Lipinski definition) is 4. The van der Waals surface area contributed by atoms with Gasteiger partial charge in [-0.2, -0.15) is 0 Å². The Bertz CT molecular complexity index is 375. The molecule has 0 saturated carbocycles. The van der Waals surface area contributed by atoms with E-state index in [1.165, 1.54) is 12.1 Å². The molecule has 0 aliphatic carbocycles. The van der Waals surface area contributed by atoms with Gasteiger partial charge in [0, 0.05) is 13.1 Å². The van der Waals surface area contributed by atoms with Crippen LogP contribution in [-0.2, 0) is 4.74 Å². The fourth-order valence-electron chi connectivity index (χ4n) is 2.13. The lowest BCUT2D eigenvalue weighted by molar-refractivity contribution is -0.0393. The van der Waals surface area contributed by atoms with E-state index < -0.39 is 0 Å². The van der Waals surface area contributed by atoms with Gasteiger partial charge < -0.3 is 9.64 Å². The van der Waals surface area contributed by atoms with Crippen molar-refractivity contribution < 1.29 is 9.13 Å². The van der Waals surface area contributed by atoms with Gasteiger partial charge in [0.1, 0.15) is 5.82 Å². The van der Waals surface area contributed by atoms with Gasteiger partial charge in [0.05, 0.1) is 18.8 Å². The predicted octanol–water partition coefficient (Wildman–Crippen LogP) is 0.661. The van der Waals surface area contributed by atoms with Crippen LogP contribution in [0.15, 0.2) is 24.3 Å². The first-order chi connectivity index (χ1) is 8.20. The van der Waals surface area contributed by atoms with E-state index in [9.17, 15) is 4.39 Å². The SMILES string of the molecule is CN1CCOC(C(NN)c2cccc(F)c2)C1. The lowest BCUT2D eigenvalue weighted by Gasteiger charge is -2.35. The smallest absolute Gasteiger partial charge is 0.123 e. The number of nitrogens with one attached hydrogen (secondary N) is 1. The van der Waals surface area contributed by atoms with Gasteiger partial charge in [0.15, 0.2) is 0 Å². The van der Waals surface area contributed by atoms with Crippen LogP contribution in [0.5, 0.6) is 0 Å². The number of hydrogen-bond donors (Lipinski definition) is 2. The van der Waals surface area contributed by atoms with Crippen LogP contribution < -0.4 is 11.3 Å². The molecule has 94 valence electrons. The number of rotatable bonds is 3. The molecule has 1 fully saturated rings. The molecule has 2 rings (SSSR count). The Kier molecular flexibility index (Phi) is 4.06. The maximum absolute atomic E-state index is 13.2. The van der Waals surface area contributed by atoms with Gasteiger partial charge in [0.2, 0.25) is 0 Å². The number of hydrazine groups is 1. The van der Waals surface area contributed by atoms with E-state index in [0.29, 0.717) is 6.61 Å². The van der Waals surface area contributed by atoms with Gasteiger partial charge in [0.25, 0.3) is 0 Å². The van der Waals surface area contributed by atoms with Crippen molar-refractivity contribution in [3.63, 3.8) is 0 Å². The maximum Gasteiger partial charge on any atom is 0.123 e. The minimum Gasteiger partial charge on any atom is -0.374 e. The van der Waals surface area contributed by atoms with Crippen LogP contribution in [0.2, 0.25) is 0 Å². The van der Waals surface area contributed by atoms with E-state index in [-0.39, 0.29) is 18.0 Å². The summed E-state index contributed by atoms with van der Waals surface area (Å²) in [5, 5.41) is 0. The van der Waals surface area contributed by atoms with Crippen molar-refractivity contribution in [1.29, 1.82) is 0 Å². The molecule has 0 aromatic heterocycles. The molecule has 2 unspecified atom stereocenters. The van der Waals surface area contributed by atoms with Crippen LogP contribution in [0.3, 0.4) is 0 Å². The Hall–Kier alpha value is -1.01. The first-order valence-corrected chi connectivity index (χ1v) is 5.72. The molecular weight excluding hydrogens is 221 g/mol. The highest BCUT2D eigenvalue weighted by molar-refractivity contribution is 5.21. The molecule has 0 amide bonds. The second kappa shape index (κ2) is 5.55. The highest BCUT2D eigenvalue weighted by atomic mass is 19.1. The van der Waals surface area contributed by atoms with Crippen molar-refractivity contribution in [2.24, 2.45) is 5.84 Å². The highest BCUT2D eigenvalue weighted by Gasteiger charge is 2.27. The Labute approximate surface area is 101 Å². The van der Waals surface area contributed by atoms with Crippen LogP contribution >= 0.6 is 0 Å². The Morgan fingerprint density at radius 3 is 3.06 bits per heavy atom. The second-order valence-corrected chi connectivity index (χ2v) is 4.37. The molecular formula is C12H18FN3O.